The maximum absolute atomic E-state index is 11.1. The van der Waals surface area contributed by atoms with Crippen molar-refractivity contribution in [2.45, 2.75) is 6.92 Å². The van der Waals surface area contributed by atoms with Crippen molar-refractivity contribution in [1.29, 1.82) is 0 Å². The van der Waals surface area contributed by atoms with Crippen molar-refractivity contribution in [2.75, 3.05) is 0 Å². The zero-order valence-electron chi connectivity index (χ0n) is 10.4. The van der Waals surface area contributed by atoms with Crippen LogP contribution in [0.3, 0.4) is 0 Å². The molecule has 2 aromatic heterocycles. The fourth-order valence-corrected chi connectivity index (χ4v) is 2.33. The predicted octanol–water partition coefficient (Wildman–Crippen LogP) is 3.29. The molecule has 2 heterocycles. The van der Waals surface area contributed by atoms with Gasteiger partial charge in [0, 0.05) is 29.6 Å². The SMILES string of the molecule is Cc1ncc([N+](=O)[O-])n1-c1ccnc2cc(Cl)ccc12. The van der Waals surface area contributed by atoms with Crippen LogP contribution in [-0.4, -0.2) is 19.5 Å². The van der Waals surface area contributed by atoms with E-state index in [9.17, 15) is 10.1 Å². The lowest BCUT2D eigenvalue weighted by molar-refractivity contribution is -0.391. The van der Waals surface area contributed by atoms with Gasteiger partial charge < -0.3 is 10.1 Å². The molecule has 6 nitrogen and oxygen atoms in total. The van der Waals surface area contributed by atoms with E-state index in [1.54, 1.807) is 37.4 Å². The number of imidazole rings is 1. The minimum Gasteiger partial charge on any atom is -0.358 e. The van der Waals surface area contributed by atoms with E-state index in [-0.39, 0.29) is 5.82 Å². The van der Waals surface area contributed by atoms with E-state index in [2.05, 4.69) is 9.97 Å². The largest absolute Gasteiger partial charge is 0.358 e. The molecule has 100 valence electrons. The Kier molecular flexibility index (Phi) is 2.87. The first-order valence-corrected chi connectivity index (χ1v) is 6.19. The van der Waals surface area contributed by atoms with Gasteiger partial charge in [0.15, 0.2) is 5.82 Å². The normalized spacial score (nSPS) is 10.9. The highest BCUT2D eigenvalue weighted by atomic mass is 35.5. The standard InChI is InChI=1S/C13H9ClN4O2/c1-8-16-7-13(18(19)20)17(8)12-4-5-15-11-6-9(14)2-3-10(11)12/h2-7H,1H3. The van der Waals surface area contributed by atoms with Crippen molar-refractivity contribution < 1.29 is 4.92 Å². The fraction of sp³-hybridized carbons (Fsp3) is 0.0769. The van der Waals surface area contributed by atoms with Crippen LogP contribution < -0.4 is 0 Å². The molecule has 20 heavy (non-hydrogen) atoms. The molecule has 0 fully saturated rings. The summed E-state index contributed by atoms with van der Waals surface area (Å²) in [7, 11) is 0. The van der Waals surface area contributed by atoms with Gasteiger partial charge in [-0.05, 0) is 23.1 Å². The highest BCUT2D eigenvalue weighted by Crippen LogP contribution is 2.27. The average Bonchev–Trinajstić information content (AvgIpc) is 2.79. The minimum atomic E-state index is -0.456. The maximum atomic E-state index is 11.1. The summed E-state index contributed by atoms with van der Waals surface area (Å²) in [5.41, 5.74) is 1.34. The monoisotopic (exact) mass is 288 g/mol. The molecule has 0 saturated carbocycles. The number of hydrogen-bond acceptors (Lipinski definition) is 4. The van der Waals surface area contributed by atoms with Crippen LogP contribution in [-0.2, 0) is 0 Å². The van der Waals surface area contributed by atoms with Crippen molar-refractivity contribution in [3.8, 4) is 5.69 Å². The summed E-state index contributed by atoms with van der Waals surface area (Å²) in [6, 6.07) is 6.97. The predicted molar refractivity (Wildman–Crippen MR) is 75.3 cm³/mol. The molecular formula is C13H9ClN4O2. The average molecular weight is 289 g/mol. The van der Waals surface area contributed by atoms with Crippen molar-refractivity contribution in [3.05, 3.63) is 57.6 Å². The molecule has 0 saturated heterocycles. The quantitative estimate of drug-likeness (QED) is 0.536. The van der Waals surface area contributed by atoms with Crippen LogP contribution in [0.1, 0.15) is 5.82 Å². The second-order valence-corrected chi connectivity index (χ2v) is 4.68. The Balaban J connectivity index is 2.36. The molecule has 3 rings (SSSR count). The van der Waals surface area contributed by atoms with Crippen molar-refractivity contribution in [1.82, 2.24) is 14.5 Å². The smallest absolute Gasteiger partial charge is 0.348 e. The van der Waals surface area contributed by atoms with Gasteiger partial charge in [-0.25, -0.2) is 4.98 Å². The summed E-state index contributed by atoms with van der Waals surface area (Å²) in [4.78, 5) is 18.9. The molecule has 3 aromatic rings. The van der Waals surface area contributed by atoms with Crippen LogP contribution in [0.5, 0.6) is 0 Å². The summed E-state index contributed by atoms with van der Waals surface area (Å²) in [5.74, 6) is 0.462. The van der Waals surface area contributed by atoms with Gasteiger partial charge in [-0.1, -0.05) is 11.6 Å². The van der Waals surface area contributed by atoms with E-state index < -0.39 is 4.92 Å². The van der Waals surface area contributed by atoms with Gasteiger partial charge in [0.1, 0.15) is 11.9 Å². The Labute approximate surface area is 118 Å². The van der Waals surface area contributed by atoms with E-state index in [4.69, 9.17) is 11.6 Å². The zero-order chi connectivity index (χ0) is 14.3. The summed E-state index contributed by atoms with van der Waals surface area (Å²) in [6.07, 6.45) is 2.84. The highest BCUT2D eigenvalue weighted by Gasteiger charge is 2.21. The van der Waals surface area contributed by atoms with Gasteiger partial charge in [0.2, 0.25) is 0 Å². The summed E-state index contributed by atoms with van der Waals surface area (Å²) in [6.45, 7) is 1.72. The van der Waals surface area contributed by atoms with Crippen molar-refractivity contribution in [2.24, 2.45) is 0 Å². The van der Waals surface area contributed by atoms with E-state index in [0.29, 0.717) is 22.1 Å². The van der Waals surface area contributed by atoms with E-state index in [0.717, 1.165) is 5.39 Å². The Morgan fingerprint density at radius 2 is 2.10 bits per heavy atom. The molecule has 0 spiro atoms. The van der Waals surface area contributed by atoms with Gasteiger partial charge in [0.05, 0.1) is 5.52 Å². The van der Waals surface area contributed by atoms with E-state index >= 15 is 0 Å². The number of rotatable bonds is 2. The second-order valence-electron chi connectivity index (χ2n) is 4.25. The Hall–Kier alpha value is -2.47. The molecule has 0 aliphatic rings. The number of aromatic nitrogens is 3. The van der Waals surface area contributed by atoms with Gasteiger partial charge in [0.25, 0.3) is 0 Å². The third-order valence-electron chi connectivity index (χ3n) is 3.03. The van der Waals surface area contributed by atoms with Crippen LogP contribution in [0.15, 0.2) is 36.7 Å². The molecule has 0 amide bonds. The van der Waals surface area contributed by atoms with Crippen molar-refractivity contribution >= 4 is 28.3 Å². The number of hydrogen-bond donors (Lipinski definition) is 0. The topological polar surface area (TPSA) is 73.8 Å². The first-order valence-electron chi connectivity index (χ1n) is 5.81. The zero-order valence-corrected chi connectivity index (χ0v) is 11.2. The van der Waals surface area contributed by atoms with Crippen molar-refractivity contribution in [3.63, 3.8) is 0 Å². The lowest BCUT2D eigenvalue weighted by atomic mass is 10.2. The van der Waals surface area contributed by atoms with Crippen LogP contribution >= 0.6 is 11.6 Å². The molecule has 0 aliphatic carbocycles. The molecule has 7 heteroatoms. The van der Waals surface area contributed by atoms with E-state index in [1.165, 1.54) is 10.8 Å². The van der Waals surface area contributed by atoms with Gasteiger partial charge >= 0.3 is 5.82 Å². The third-order valence-corrected chi connectivity index (χ3v) is 3.26. The molecule has 0 N–H and O–H groups in total. The third kappa shape index (κ3) is 1.90. The fourth-order valence-electron chi connectivity index (χ4n) is 2.16. The van der Waals surface area contributed by atoms with Crippen LogP contribution in [0, 0.1) is 17.0 Å². The summed E-state index contributed by atoms with van der Waals surface area (Å²) < 4.78 is 1.50. The molecule has 0 aliphatic heterocycles. The molecular weight excluding hydrogens is 280 g/mol. The molecule has 0 radical (unpaired) electrons. The number of nitrogens with zero attached hydrogens (tertiary/aromatic N) is 4. The summed E-state index contributed by atoms with van der Waals surface area (Å²) >= 11 is 5.94. The first kappa shape index (κ1) is 12.6. The number of nitro groups is 1. The lowest BCUT2D eigenvalue weighted by Crippen LogP contribution is -2.03. The first-order chi connectivity index (χ1) is 9.58. The number of pyridine rings is 1. The molecule has 0 unspecified atom stereocenters. The van der Waals surface area contributed by atoms with Gasteiger partial charge in [-0.3, -0.25) is 4.98 Å². The molecule has 1 aromatic carbocycles. The maximum Gasteiger partial charge on any atom is 0.348 e. The lowest BCUT2D eigenvalue weighted by Gasteiger charge is -2.06. The minimum absolute atomic E-state index is 0.0787. The summed E-state index contributed by atoms with van der Waals surface area (Å²) in [5, 5.41) is 12.5. The van der Waals surface area contributed by atoms with Crippen LogP contribution in [0.4, 0.5) is 5.82 Å². The second kappa shape index (κ2) is 4.57. The Morgan fingerprint density at radius 1 is 1.30 bits per heavy atom. The molecule has 0 atom stereocenters. The number of fused-ring (bicyclic) bond motifs is 1. The van der Waals surface area contributed by atoms with Gasteiger partial charge in [-0.15, -0.1) is 0 Å². The number of benzene rings is 1. The highest BCUT2D eigenvalue weighted by molar-refractivity contribution is 6.31. The van der Waals surface area contributed by atoms with Crippen LogP contribution in [0.2, 0.25) is 5.02 Å². The Bertz CT molecular complexity index is 828. The van der Waals surface area contributed by atoms with E-state index in [1.807, 2.05) is 0 Å². The van der Waals surface area contributed by atoms with Crippen LogP contribution in [0.25, 0.3) is 16.6 Å². The number of aryl methyl sites for hydroxylation is 1. The Morgan fingerprint density at radius 3 is 2.85 bits per heavy atom. The number of halogens is 1. The van der Waals surface area contributed by atoms with Gasteiger partial charge in [-0.2, -0.15) is 4.57 Å². The molecule has 0 bridgehead atoms.